The first-order chi connectivity index (χ1) is 2.89. The third-order valence-electron chi connectivity index (χ3n) is 0.378. The summed E-state index contributed by atoms with van der Waals surface area (Å²) in [5.41, 5.74) is 0.731. The number of rotatable bonds is 0. The molecule has 0 radical (unpaired) electrons. The van der Waals surface area contributed by atoms with Crippen molar-refractivity contribution in [2.45, 2.75) is 0 Å². The van der Waals surface area contributed by atoms with E-state index in [-0.39, 0.29) is 0 Å². The van der Waals surface area contributed by atoms with E-state index >= 15 is 0 Å². The van der Waals surface area contributed by atoms with Crippen LogP contribution in [0.5, 0.6) is 0 Å². The molecule has 3 nitrogen and oxygen atoms in total. The number of hydrogen-bond acceptors (Lipinski definition) is 3. The van der Waals surface area contributed by atoms with Crippen molar-refractivity contribution in [2.24, 2.45) is 0 Å². The van der Waals surface area contributed by atoms with E-state index < -0.39 is 0 Å². The fourth-order valence-corrected chi connectivity index (χ4v) is 0.280. The van der Waals surface area contributed by atoms with Gasteiger partial charge < -0.3 is 0 Å². The van der Waals surface area contributed by atoms with Crippen LogP contribution < -0.4 is 5.44 Å². The van der Waals surface area contributed by atoms with Gasteiger partial charge in [0, 0.05) is 0 Å². The van der Waals surface area contributed by atoms with Gasteiger partial charge in [0.25, 0.3) is 0 Å². The molecule has 0 saturated carbocycles. The summed E-state index contributed by atoms with van der Waals surface area (Å²) >= 11 is 0. The molecule has 0 aromatic carbocycles. The van der Waals surface area contributed by atoms with Gasteiger partial charge >= 0.3 is 0 Å². The minimum Gasteiger partial charge on any atom is -0.244 e. The Labute approximate surface area is 36.9 Å². The van der Waals surface area contributed by atoms with Crippen molar-refractivity contribution in [1.29, 1.82) is 0 Å². The molecule has 1 unspecified atom stereocenters. The van der Waals surface area contributed by atoms with E-state index in [1.807, 2.05) is 0 Å². The highest BCUT2D eigenvalue weighted by Gasteiger charge is 1.80. The van der Waals surface area contributed by atoms with Crippen LogP contribution >= 0.6 is 9.24 Å². The van der Waals surface area contributed by atoms with E-state index in [1.54, 1.807) is 0 Å². The van der Waals surface area contributed by atoms with Crippen LogP contribution in [0, 0.1) is 0 Å². The highest BCUT2D eigenvalue weighted by molar-refractivity contribution is 7.26. The highest BCUT2D eigenvalue weighted by atomic mass is 31.0. The summed E-state index contributed by atoms with van der Waals surface area (Å²) in [4.78, 5) is 0. The lowest BCUT2D eigenvalue weighted by atomic mass is 11.0. The summed E-state index contributed by atoms with van der Waals surface area (Å²) in [6.07, 6.45) is 1.52. The lowest BCUT2D eigenvalue weighted by Crippen LogP contribution is -1.83. The van der Waals surface area contributed by atoms with E-state index in [0.29, 0.717) is 0 Å². The van der Waals surface area contributed by atoms with Gasteiger partial charge in [-0.05, 0) is 0 Å². The SMILES string of the molecule is Pc1cnon1. The Morgan fingerprint density at radius 3 is 2.83 bits per heavy atom. The summed E-state index contributed by atoms with van der Waals surface area (Å²) in [7, 11) is 2.35. The van der Waals surface area contributed by atoms with E-state index in [4.69, 9.17) is 0 Å². The largest absolute Gasteiger partial charge is 0.244 e. The molecule has 0 aliphatic carbocycles. The first-order valence-electron chi connectivity index (χ1n) is 1.42. The zero-order chi connectivity index (χ0) is 4.41. The van der Waals surface area contributed by atoms with Crippen LogP contribution in [-0.2, 0) is 0 Å². The Balaban J connectivity index is 3.05. The second-order valence-corrected chi connectivity index (χ2v) is 1.42. The molecular weight excluding hydrogens is 99.0 g/mol. The number of hydrogen-bond donors (Lipinski definition) is 0. The molecule has 0 fully saturated rings. The summed E-state index contributed by atoms with van der Waals surface area (Å²) in [5, 5.41) is 6.71. The monoisotopic (exact) mass is 102 g/mol. The van der Waals surface area contributed by atoms with Crippen molar-refractivity contribution in [3.8, 4) is 0 Å². The van der Waals surface area contributed by atoms with Crippen LogP contribution in [0.3, 0.4) is 0 Å². The molecule has 0 saturated heterocycles. The van der Waals surface area contributed by atoms with Crippen LogP contribution in [0.4, 0.5) is 0 Å². The van der Waals surface area contributed by atoms with Crippen molar-refractivity contribution in [3.63, 3.8) is 0 Å². The Bertz CT molecular complexity index is 115. The second kappa shape index (κ2) is 1.35. The third kappa shape index (κ3) is 0.546. The van der Waals surface area contributed by atoms with Gasteiger partial charge in [0.2, 0.25) is 0 Å². The van der Waals surface area contributed by atoms with Gasteiger partial charge in [0.15, 0.2) is 0 Å². The molecule has 0 N–H and O–H groups in total. The van der Waals surface area contributed by atoms with Crippen LogP contribution in [0.15, 0.2) is 10.8 Å². The van der Waals surface area contributed by atoms with Gasteiger partial charge in [-0.2, -0.15) is 0 Å². The summed E-state index contributed by atoms with van der Waals surface area (Å²) in [6.45, 7) is 0. The van der Waals surface area contributed by atoms with E-state index in [0.717, 1.165) is 5.44 Å². The molecule has 0 aliphatic heterocycles. The lowest BCUT2D eigenvalue weighted by Gasteiger charge is -1.58. The molecule has 1 rings (SSSR count). The Kier molecular flexibility index (Phi) is 0.843. The van der Waals surface area contributed by atoms with Gasteiger partial charge in [0.1, 0.15) is 5.44 Å². The molecular formula is C2H3N2OP. The van der Waals surface area contributed by atoms with Crippen molar-refractivity contribution < 1.29 is 4.63 Å². The average molecular weight is 102 g/mol. The lowest BCUT2D eigenvalue weighted by molar-refractivity contribution is 0.310. The minimum absolute atomic E-state index is 0.731. The zero-order valence-corrected chi connectivity index (χ0v) is 4.11. The predicted octanol–water partition coefficient (Wildman–Crippen LogP) is -0.430. The number of aromatic nitrogens is 2. The second-order valence-electron chi connectivity index (χ2n) is 0.832. The molecule has 0 spiro atoms. The van der Waals surface area contributed by atoms with Crippen molar-refractivity contribution >= 4 is 14.7 Å². The standard InChI is InChI=1S/C2H3N2OP/c6-2-1-3-5-4-2/h1H,6H2. The van der Waals surface area contributed by atoms with Crippen LogP contribution in [-0.4, -0.2) is 10.3 Å². The fraction of sp³-hybridized carbons (Fsp3) is 0. The molecule has 32 valence electrons. The highest BCUT2D eigenvalue weighted by Crippen LogP contribution is 1.75. The summed E-state index contributed by atoms with van der Waals surface area (Å²) < 4.78 is 4.19. The maximum absolute atomic E-state index is 4.19. The Morgan fingerprint density at radius 1 is 1.83 bits per heavy atom. The first kappa shape index (κ1) is 3.75. The molecule has 0 amide bonds. The fourth-order valence-electron chi connectivity index (χ4n) is 0.172. The van der Waals surface area contributed by atoms with Crippen LogP contribution in [0.25, 0.3) is 0 Å². The van der Waals surface area contributed by atoms with E-state index in [1.165, 1.54) is 6.20 Å². The smallest absolute Gasteiger partial charge is 0.121 e. The van der Waals surface area contributed by atoms with E-state index in [2.05, 4.69) is 24.2 Å². The quantitative estimate of drug-likeness (QED) is 0.417. The van der Waals surface area contributed by atoms with Gasteiger partial charge in [-0.15, -0.1) is 0 Å². The minimum atomic E-state index is 0.731. The van der Waals surface area contributed by atoms with Gasteiger partial charge in [0.05, 0.1) is 6.20 Å². The maximum atomic E-state index is 4.19. The van der Waals surface area contributed by atoms with Crippen molar-refractivity contribution in [1.82, 2.24) is 10.3 Å². The molecule has 0 aliphatic rings. The molecule has 4 heteroatoms. The van der Waals surface area contributed by atoms with E-state index in [9.17, 15) is 0 Å². The van der Waals surface area contributed by atoms with Crippen molar-refractivity contribution in [3.05, 3.63) is 6.20 Å². The summed E-state index contributed by atoms with van der Waals surface area (Å²) in [6, 6.07) is 0. The van der Waals surface area contributed by atoms with Crippen LogP contribution in [0.2, 0.25) is 0 Å². The molecule has 1 aromatic heterocycles. The number of nitrogens with zero attached hydrogens (tertiary/aromatic N) is 2. The maximum Gasteiger partial charge on any atom is 0.121 e. The average Bonchev–Trinajstić information content (AvgIpc) is 1.86. The van der Waals surface area contributed by atoms with Crippen molar-refractivity contribution in [2.75, 3.05) is 0 Å². The molecule has 1 aromatic rings. The van der Waals surface area contributed by atoms with Gasteiger partial charge in [-0.3, -0.25) is 0 Å². The zero-order valence-electron chi connectivity index (χ0n) is 2.96. The van der Waals surface area contributed by atoms with Gasteiger partial charge in [-0.25, -0.2) is 4.63 Å². The predicted molar refractivity (Wildman–Crippen MR) is 23.6 cm³/mol. The van der Waals surface area contributed by atoms with Crippen LogP contribution in [0.1, 0.15) is 0 Å². The Hall–Kier alpha value is -0.430. The summed E-state index contributed by atoms with van der Waals surface area (Å²) in [5.74, 6) is 0. The topological polar surface area (TPSA) is 38.9 Å². The molecule has 0 bridgehead atoms. The third-order valence-corrected chi connectivity index (χ3v) is 0.633. The van der Waals surface area contributed by atoms with Gasteiger partial charge in [-0.1, -0.05) is 19.6 Å². The Morgan fingerprint density at radius 2 is 2.67 bits per heavy atom. The normalized spacial score (nSPS) is 8.83. The first-order valence-corrected chi connectivity index (χ1v) is 2.00. The molecule has 1 heterocycles. The molecule has 1 atom stereocenters. The molecule has 6 heavy (non-hydrogen) atoms.